The third-order valence-electron chi connectivity index (χ3n) is 7.31. The quantitative estimate of drug-likeness (QED) is 0.505. The van der Waals surface area contributed by atoms with E-state index in [1.807, 2.05) is 6.07 Å². The van der Waals surface area contributed by atoms with Crippen molar-refractivity contribution < 1.29 is 23.2 Å². The zero-order chi connectivity index (χ0) is 26.0. The van der Waals surface area contributed by atoms with Gasteiger partial charge in [0.1, 0.15) is 18.1 Å². The molecule has 1 aromatic rings. The molecule has 5 rings (SSSR count). The van der Waals surface area contributed by atoms with Crippen LogP contribution in [0.15, 0.2) is 18.5 Å². The number of nitrogens with zero attached hydrogens (tertiary/aromatic N) is 3. The predicted molar refractivity (Wildman–Crippen MR) is 127 cm³/mol. The van der Waals surface area contributed by atoms with Crippen molar-refractivity contribution in [1.82, 2.24) is 20.5 Å². The Morgan fingerprint density at radius 2 is 2.14 bits per heavy atom. The number of piperidine rings is 3. The minimum atomic E-state index is -3.11. The van der Waals surface area contributed by atoms with Crippen LogP contribution in [0.4, 0.5) is 14.5 Å². The molecule has 194 valence electrons. The van der Waals surface area contributed by atoms with E-state index >= 15 is 0 Å². The van der Waals surface area contributed by atoms with Gasteiger partial charge in [-0.1, -0.05) is 11.6 Å². The summed E-state index contributed by atoms with van der Waals surface area (Å²) in [6.45, 7) is 2.14. The van der Waals surface area contributed by atoms with Crippen molar-refractivity contribution in [2.24, 2.45) is 11.8 Å². The van der Waals surface area contributed by atoms with Gasteiger partial charge in [-0.15, -0.1) is 0 Å². The second-order valence-corrected chi connectivity index (χ2v) is 10.2. The first kappa shape index (κ1) is 26.1. The Kier molecular flexibility index (Phi) is 7.64. The molecule has 1 saturated carbocycles. The molecular formula is C24H29ClF2N6O3. The summed E-state index contributed by atoms with van der Waals surface area (Å²) in [7, 11) is 0. The molecule has 0 spiro atoms. The number of nitrogens with one attached hydrogen (secondary N) is 3. The lowest BCUT2D eigenvalue weighted by Crippen LogP contribution is -2.70. The molecular weight excluding hydrogens is 494 g/mol. The molecule has 3 aliphatic heterocycles. The molecule has 9 nitrogen and oxygen atoms in total. The highest BCUT2D eigenvalue weighted by Crippen LogP contribution is 2.49. The van der Waals surface area contributed by atoms with Crippen molar-refractivity contribution in [3.05, 3.63) is 23.5 Å². The van der Waals surface area contributed by atoms with E-state index in [9.17, 15) is 28.4 Å². The molecule has 6 atom stereocenters. The van der Waals surface area contributed by atoms with Gasteiger partial charge in [0.05, 0.1) is 28.9 Å². The Morgan fingerprint density at radius 3 is 2.81 bits per heavy atom. The van der Waals surface area contributed by atoms with E-state index in [-0.39, 0.29) is 18.7 Å². The highest BCUT2D eigenvalue weighted by atomic mass is 35.5. The molecule has 4 aliphatic rings. The van der Waals surface area contributed by atoms with E-state index < -0.39 is 60.2 Å². The number of alkyl halides is 2. The molecule has 0 unspecified atom stereocenters. The fourth-order valence-electron chi connectivity index (χ4n) is 5.60. The van der Waals surface area contributed by atoms with Crippen LogP contribution in [-0.2, 0) is 14.4 Å². The molecule has 0 aromatic carbocycles. The van der Waals surface area contributed by atoms with Crippen molar-refractivity contribution in [1.29, 1.82) is 5.26 Å². The third kappa shape index (κ3) is 5.38. The lowest BCUT2D eigenvalue weighted by atomic mass is 9.71. The summed E-state index contributed by atoms with van der Waals surface area (Å²) >= 11 is 5.96. The van der Waals surface area contributed by atoms with Gasteiger partial charge < -0.3 is 20.9 Å². The Morgan fingerprint density at radius 1 is 1.36 bits per heavy atom. The number of aromatic nitrogens is 1. The molecule has 3 N–H and O–H groups in total. The van der Waals surface area contributed by atoms with Crippen LogP contribution in [0.3, 0.4) is 0 Å². The van der Waals surface area contributed by atoms with Gasteiger partial charge in [0.2, 0.25) is 17.7 Å². The number of rotatable bonds is 7. The van der Waals surface area contributed by atoms with E-state index in [1.165, 1.54) is 17.3 Å². The van der Waals surface area contributed by atoms with Gasteiger partial charge in [-0.2, -0.15) is 5.26 Å². The summed E-state index contributed by atoms with van der Waals surface area (Å²) in [5.41, 5.74) is 0.479. The topological polar surface area (TPSA) is 127 Å². The maximum Gasteiger partial charge on any atom is 0.255 e. The van der Waals surface area contributed by atoms with Crippen LogP contribution in [-0.4, -0.2) is 64.2 Å². The molecule has 2 bridgehead atoms. The molecule has 0 radical (unpaired) electrons. The summed E-state index contributed by atoms with van der Waals surface area (Å²) in [5.74, 6) is -6.39. The van der Waals surface area contributed by atoms with Crippen molar-refractivity contribution in [2.75, 3.05) is 11.9 Å². The number of amides is 3. The second-order valence-electron chi connectivity index (χ2n) is 9.81. The van der Waals surface area contributed by atoms with E-state index in [0.29, 0.717) is 30.1 Å². The maximum atomic E-state index is 14.9. The number of carbonyl (C=O) groups excluding carboxylic acids is 3. The number of anilines is 1. The van der Waals surface area contributed by atoms with Crippen LogP contribution in [0.2, 0.25) is 5.02 Å². The summed E-state index contributed by atoms with van der Waals surface area (Å²) in [5, 5.41) is 18.3. The smallest absolute Gasteiger partial charge is 0.255 e. The first-order valence-corrected chi connectivity index (χ1v) is 12.5. The van der Waals surface area contributed by atoms with Crippen LogP contribution in [0, 0.1) is 23.2 Å². The van der Waals surface area contributed by atoms with Gasteiger partial charge in [-0.05, 0) is 45.1 Å². The second kappa shape index (κ2) is 10.5. The number of halogens is 3. The largest absolute Gasteiger partial charge is 0.373 e. The van der Waals surface area contributed by atoms with Crippen LogP contribution < -0.4 is 16.0 Å². The molecule has 3 saturated heterocycles. The monoisotopic (exact) mass is 522 g/mol. The number of pyridine rings is 1. The van der Waals surface area contributed by atoms with Crippen molar-refractivity contribution in [3.8, 4) is 6.07 Å². The maximum absolute atomic E-state index is 14.9. The molecule has 4 heterocycles. The molecule has 1 aromatic heterocycles. The molecule has 1 aliphatic carbocycles. The first-order chi connectivity index (χ1) is 17.1. The van der Waals surface area contributed by atoms with Crippen molar-refractivity contribution in [3.63, 3.8) is 0 Å². The Hall–Kier alpha value is -3.00. The zero-order valence-corrected chi connectivity index (χ0v) is 20.6. The first-order valence-electron chi connectivity index (χ1n) is 12.2. The molecule has 4 fully saturated rings. The van der Waals surface area contributed by atoms with Gasteiger partial charge in [0.15, 0.2) is 0 Å². The van der Waals surface area contributed by atoms with Gasteiger partial charge in [0, 0.05) is 31.1 Å². The van der Waals surface area contributed by atoms with Crippen LogP contribution in [0.5, 0.6) is 0 Å². The van der Waals surface area contributed by atoms with Crippen molar-refractivity contribution in [2.45, 2.75) is 75.5 Å². The van der Waals surface area contributed by atoms with Gasteiger partial charge in [0.25, 0.3) is 5.92 Å². The predicted octanol–water partition coefficient (Wildman–Crippen LogP) is 2.47. The minimum absolute atomic E-state index is 0.0823. The fraction of sp³-hybridized carbons (Fsp3) is 0.625. The Labute approximate surface area is 212 Å². The fourth-order valence-corrected chi connectivity index (χ4v) is 5.77. The normalized spacial score (nSPS) is 28.4. The number of nitriles is 1. The highest BCUT2D eigenvalue weighted by molar-refractivity contribution is 6.30. The van der Waals surface area contributed by atoms with Crippen LogP contribution in [0.25, 0.3) is 0 Å². The zero-order valence-electron chi connectivity index (χ0n) is 19.8. The van der Waals surface area contributed by atoms with Crippen molar-refractivity contribution >= 4 is 35.0 Å². The van der Waals surface area contributed by atoms with E-state index in [4.69, 9.17) is 11.6 Å². The lowest BCUT2D eigenvalue weighted by Gasteiger charge is -2.54. The summed E-state index contributed by atoms with van der Waals surface area (Å²) in [4.78, 5) is 44.2. The number of hydrogen-bond donors (Lipinski definition) is 3. The van der Waals surface area contributed by atoms with Crippen LogP contribution in [0.1, 0.15) is 45.4 Å². The van der Waals surface area contributed by atoms with Gasteiger partial charge in [-0.3, -0.25) is 19.4 Å². The number of fused-ring (bicyclic) bond motifs is 3. The third-order valence-corrected chi connectivity index (χ3v) is 7.52. The number of hydrogen-bond acceptors (Lipinski definition) is 6. The lowest BCUT2D eigenvalue weighted by molar-refractivity contribution is -0.194. The van der Waals surface area contributed by atoms with Gasteiger partial charge >= 0.3 is 0 Å². The highest BCUT2D eigenvalue weighted by Gasteiger charge is 2.60. The van der Waals surface area contributed by atoms with E-state index in [2.05, 4.69) is 20.9 Å². The molecule has 36 heavy (non-hydrogen) atoms. The molecule has 3 amide bonds. The molecule has 12 heteroatoms. The average molecular weight is 523 g/mol. The summed E-state index contributed by atoms with van der Waals surface area (Å²) in [6, 6.07) is -0.547. The van der Waals surface area contributed by atoms with Gasteiger partial charge in [-0.25, -0.2) is 8.78 Å². The summed E-state index contributed by atoms with van der Waals surface area (Å²) < 4.78 is 29.8. The number of carbonyl (C=O) groups is 3. The Bertz CT molecular complexity index is 1070. The Balaban J connectivity index is 1.52. The standard InChI is InChI=1S/C24H29ClF2N6O3/c1-13(31-17-8-15(25)11-29-12-17)23(36)33-18-4-5-19(24(26,27)9-18)20(33)22(35)32-16(10-28)7-14-3-2-6-30-21(14)34/h8,11-14,16,18-20,31H,2-7,9H2,1H3,(H,30,34)(H,32,35)/t13-,14+,16+,18-,19-,20-/m1/s1. The van der Waals surface area contributed by atoms with E-state index in [1.54, 1.807) is 13.0 Å². The minimum Gasteiger partial charge on any atom is -0.373 e. The summed E-state index contributed by atoms with van der Waals surface area (Å²) in [6.07, 6.45) is 4.30. The average Bonchev–Trinajstić information content (AvgIpc) is 2.83. The van der Waals surface area contributed by atoms with Crippen LogP contribution >= 0.6 is 11.6 Å². The SMILES string of the molecule is C[C@@H](Nc1cncc(Cl)c1)C(=O)N1[C@@H]2CC[C@H]([C@@H]1C(=O)N[C@H](C#N)C[C@@H]1CCCNC1=O)C(F)(F)C2. The van der Waals surface area contributed by atoms with E-state index in [0.717, 1.165) is 6.42 Å².